The molecule has 1 fully saturated rings. The van der Waals surface area contributed by atoms with Gasteiger partial charge in [-0.3, -0.25) is 4.79 Å². The van der Waals surface area contributed by atoms with E-state index in [1.807, 2.05) is 0 Å². The molecule has 6 heteroatoms. The molecular weight excluding hydrogens is 260 g/mol. The average Bonchev–Trinajstić information content (AvgIpc) is 2.76. The van der Waals surface area contributed by atoms with Crippen molar-refractivity contribution in [2.24, 2.45) is 0 Å². The standard InChI is InChI=1S/C14H20N2O4/c1-9-14(18,6-7-20-9)8-16-13(17)12-10(15)4-3-5-11(12)19-2/h3-5,9,18H,6-8,15H2,1-2H3,(H,16,17). The lowest BCUT2D eigenvalue weighted by molar-refractivity contribution is -0.0251. The second-order valence-corrected chi connectivity index (χ2v) is 4.97. The molecule has 1 heterocycles. The number of hydrogen-bond donors (Lipinski definition) is 3. The summed E-state index contributed by atoms with van der Waals surface area (Å²) in [4.78, 5) is 12.2. The van der Waals surface area contributed by atoms with E-state index in [1.54, 1.807) is 25.1 Å². The highest BCUT2D eigenvalue weighted by atomic mass is 16.5. The van der Waals surface area contributed by atoms with Crippen LogP contribution in [0.15, 0.2) is 18.2 Å². The number of nitrogen functional groups attached to an aromatic ring is 1. The first-order valence-electron chi connectivity index (χ1n) is 6.52. The molecule has 1 aliphatic heterocycles. The minimum absolute atomic E-state index is 0.116. The van der Waals surface area contributed by atoms with Crippen LogP contribution in [0.3, 0.4) is 0 Å². The maximum atomic E-state index is 12.2. The summed E-state index contributed by atoms with van der Waals surface area (Å²) in [7, 11) is 1.48. The number of rotatable bonds is 4. The van der Waals surface area contributed by atoms with Crippen molar-refractivity contribution in [1.29, 1.82) is 0 Å². The molecule has 1 amide bonds. The van der Waals surface area contributed by atoms with Crippen molar-refractivity contribution in [2.45, 2.75) is 25.0 Å². The minimum atomic E-state index is -1.04. The second kappa shape index (κ2) is 5.68. The molecule has 4 N–H and O–H groups in total. The van der Waals surface area contributed by atoms with E-state index < -0.39 is 5.60 Å². The van der Waals surface area contributed by atoms with Crippen LogP contribution < -0.4 is 15.8 Å². The monoisotopic (exact) mass is 280 g/mol. The first-order chi connectivity index (χ1) is 9.48. The van der Waals surface area contributed by atoms with Crippen LogP contribution in [0.2, 0.25) is 0 Å². The molecule has 1 aromatic rings. The molecular formula is C14H20N2O4. The molecule has 1 aliphatic rings. The quantitative estimate of drug-likeness (QED) is 0.700. The first kappa shape index (κ1) is 14.6. The predicted molar refractivity (Wildman–Crippen MR) is 74.7 cm³/mol. The van der Waals surface area contributed by atoms with E-state index in [-0.39, 0.29) is 24.1 Å². The Kier molecular flexibility index (Phi) is 4.15. The van der Waals surface area contributed by atoms with E-state index in [2.05, 4.69) is 5.32 Å². The summed E-state index contributed by atoms with van der Waals surface area (Å²) >= 11 is 0. The first-order valence-corrected chi connectivity index (χ1v) is 6.52. The highest BCUT2D eigenvalue weighted by Gasteiger charge is 2.39. The number of nitrogens with two attached hydrogens (primary N) is 1. The van der Waals surface area contributed by atoms with Gasteiger partial charge in [0.1, 0.15) is 16.9 Å². The third-order valence-electron chi connectivity index (χ3n) is 3.72. The van der Waals surface area contributed by atoms with Gasteiger partial charge in [-0.15, -0.1) is 0 Å². The lowest BCUT2D eigenvalue weighted by atomic mass is 9.96. The molecule has 0 aliphatic carbocycles. The van der Waals surface area contributed by atoms with Crippen molar-refractivity contribution in [3.8, 4) is 5.75 Å². The Labute approximate surface area is 117 Å². The van der Waals surface area contributed by atoms with Gasteiger partial charge in [-0.1, -0.05) is 6.07 Å². The summed E-state index contributed by atoms with van der Waals surface area (Å²) in [5, 5.41) is 13.0. The molecule has 0 aromatic heterocycles. The SMILES string of the molecule is COc1cccc(N)c1C(=O)NCC1(O)CCOC1C. The van der Waals surface area contributed by atoms with Crippen LogP contribution in [0.4, 0.5) is 5.69 Å². The van der Waals surface area contributed by atoms with Crippen LogP contribution in [0.1, 0.15) is 23.7 Å². The maximum Gasteiger partial charge on any atom is 0.257 e. The Morgan fingerprint density at radius 2 is 2.40 bits per heavy atom. The van der Waals surface area contributed by atoms with Crippen molar-refractivity contribution >= 4 is 11.6 Å². The predicted octanol–water partition coefficient (Wildman–Crippen LogP) is 0.547. The number of carbonyl (C=O) groups excluding carboxylic acids is 1. The summed E-state index contributed by atoms with van der Waals surface area (Å²) in [6, 6.07) is 5.01. The number of ether oxygens (including phenoxy) is 2. The maximum absolute atomic E-state index is 12.2. The summed E-state index contributed by atoms with van der Waals surface area (Å²) in [5.74, 6) is 0.0395. The third kappa shape index (κ3) is 2.71. The highest BCUT2D eigenvalue weighted by molar-refractivity contribution is 6.01. The van der Waals surface area contributed by atoms with E-state index in [4.69, 9.17) is 15.2 Å². The highest BCUT2D eigenvalue weighted by Crippen LogP contribution is 2.26. The summed E-state index contributed by atoms with van der Waals surface area (Å²) in [6.45, 7) is 2.39. The van der Waals surface area contributed by atoms with E-state index in [0.29, 0.717) is 24.5 Å². The normalized spacial score (nSPS) is 25.4. The summed E-state index contributed by atoms with van der Waals surface area (Å²) in [5.41, 5.74) is 5.40. The van der Waals surface area contributed by atoms with Crippen LogP contribution in [0, 0.1) is 0 Å². The number of carbonyl (C=O) groups is 1. The van der Waals surface area contributed by atoms with Crippen molar-refractivity contribution in [3.63, 3.8) is 0 Å². The summed E-state index contributed by atoms with van der Waals surface area (Å²) < 4.78 is 10.5. The number of methoxy groups -OCH3 is 1. The van der Waals surface area contributed by atoms with Gasteiger partial charge in [-0.05, 0) is 19.1 Å². The molecule has 0 bridgehead atoms. The number of amides is 1. The number of aliphatic hydroxyl groups is 1. The molecule has 1 aromatic carbocycles. The zero-order chi connectivity index (χ0) is 14.8. The second-order valence-electron chi connectivity index (χ2n) is 4.97. The van der Waals surface area contributed by atoms with Crippen LogP contribution in [-0.4, -0.2) is 43.0 Å². The zero-order valence-corrected chi connectivity index (χ0v) is 11.7. The Hall–Kier alpha value is -1.79. The fourth-order valence-electron chi connectivity index (χ4n) is 2.29. The van der Waals surface area contributed by atoms with Gasteiger partial charge in [0.25, 0.3) is 5.91 Å². The van der Waals surface area contributed by atoms with Gasteiger partial charge in [0.05, 0.1) is 13.2 Å². The van der Waals surface area contributed by atoms with Gasteiger partial charge in [-0.25, -0.2) is 0 Å². The molecule has 110 valence electrons. The number of benzene rings is 1. The fraction of sp³-hybridized carbons (Fsp3) is 0.500. The van der Waals surface area contributed by atoms with Crippen molar-refractivity contribution < 1.29 is 19.4 Å². The zero-order valence-electron chi connectivity index (χ0n) is 11.7. The van der Waals surface area contributed by atoms with Crippen molar-refractivity contribution in [3.05, 3.63) is 23.8 Å². The lowest BCUT2D eigenvalue weighted by Gasteiger charge is -2.26. The van der Waals surface area contributed by atoms with Gasteiger partial charge >= 0.3 is 0 Å². The topological polar surface area (TPSA) is 93.8 Å². The minimum Gasteiger partial charge on any atom is -0.496 e. The van der Waals surface area contributed by atoms with Gasteiger partial charge in [-0.2, -0.15) is 0 Å². The number of nitrogens with one attached hydrogen (secondary N) is 1. The Balaban J connectivity index is 2.09. The molecule has 1 saturated heterocycles. The third-order valence-corrected chi connectivity index (χ3v) is 3.72. The van der Waals surface area contributed by atoms with Gasteiger partial charge in [0, 0.05) is 25.3 Å². The van der Waals surface area contributed by atoms with E-state index in [9.17, 15) is 9.90 Å². The van der Waals surface area contributed by atoms with E-state index in [1.165, 1.54) is 7.11 Å². The molecule has 0 radical (unpaired) electrons. The van der Waals surface area contributed by atoms with Crippen LogP contribution in [-0.2, 0) is 4.74 Å². The smallest absolute Gasteiger partial charge is 0.257 e. The largest absolute Gasteiger partial charge is 0.496 e. The van der Waals surface area contributed by atoms with Gasteiger partial charge in [0.15, 0.2) is 0 Å². The van der Waals surface area contributed by atoms with E-state index >= 15 is 0 Å². The van der Waals surface area contributed by atoms with Crippen LogP contribution in [0.5, 0.6) is 5.75 Å². The Bertz CT molecular complexity index is 506. The molecule has 20 heavy (non-hydrogen) atoms. The van der Waals surface area contributed by atoms with Gasteiger partial charge < -0.3 is 25.6 Å². The Morgan fingerprint density at radius 3 is 3.00 bits per heavy atom. The van der Waals surface area contributed by atoms with Gasteiger partial charge in [0.2, 0.25) is 0 Å². The average molecular weight is 280 g/mol. The van der Waals surface area contributed by atoms with Crippen LogP contribution >= 0.6 is 0 Å². The molecule has 2 atom stereocenters. The van der Waals surface area contributed by atoms with Crippen LogP contribution in [0.25, 0.3) is 0 Å². The van der Waals surface area contributed by atoms with E-state index in [0.717, 1.165) is 0 Å². The fourth-order valence-corrected chi connectivity index (χ4v) is 2.29. The molecule has 0 spiro atoms. The molecule has 2 rings (SSSR count). The van der Waals surface area contributed by atoms with Crippen molar-refractivity contribution in [2.75, 3.05) is 26.0 Å². The van der Waals surface area contributed by atoms with Crippen molar-refractivity contribution in [1.82, 2.24) is 5.32 Å². The lowest BCUT2D eigenvalue weighted by Crippen LogP contribution is -2.47. The molecule has 6 nitrogen and oxygen atoms in total. The molecule has 0 saturated carbocycles. The molecule has 2 unspecified atom stereocenters. The summed E-state index contributed by atoms with van der Waals surface area (Å²) in [6.07, 6.45) is 0.188. The number of hydrogen-bond acceptors (Lipinski definition) is 5. The number of anilines is 1. The Morgan fingerprint density at radius 1 is 1.65 bits per heavy atom.